The monoisotopic (exact) mass is 335 g/mol. The number of morpholine rings is 1. The quantitative estimate of drug-likeness (QED) is 0.895. The Balaban J connectivity index is 1.78. The van der Waals surface area contributed by atoms with Gasteiger partial charge in [0.2, 0.25) is 0 Å². The van der Waals surface area contributed by atoms with E-state index in [-0.39, 0.29) is 10.9 Å². The molecule has 6 nitrogen and oxygen atoms in total. The molecule has 0 spiro atoms. The SMILES string of the molecule is CS(=O)(=O)c1cn[nH]c1C1COCCN1CCc1ccccc1. The summed E-state index contributed by atoms with van der Waals surface area (Å²) in [5, 5.41) is 6.79. The molecule has 1 atom stereocenters. The molecule has 0 saturated carbocycles. The van der Waals surface area contributed by atoms with E-state index in [2.05, 4.69) is 27.2 Å². The highest BCUT2D eigenvalue weighted by Crippen LogP contribution is 2.27. The van der Waals surface area contributed by atoms with Crippen LogP contribution in [0.15, 0.2) is 41.4 Å². The molecule has 0 bridgehead atoms. The van der Waals surface area contributed by atoms with Gasteiger partial charge in [-0.25, -0.2) is 8.42 Å². The van der Waals surface area contributed by atoms with Gasteiger partial charge in [0.25, 0.3) is 0 Å². The third-order valence-electron chi connectivity index (χ3n) is 4.13. The zero-order valence-corrected chi connectivity index (χ0v) is 13.9. The summed E-state index contributed by atoms with van der Waals surface area (Å²) in [6.07, 6.45) is 3.51. The van der Waals surface area contributed by atoms with Gasteiger partial charge in [-0.2, -0.15) is 5.10 Å². The highest BCUT2D eigenvalue weighted by molar-refractivity contribution is 7.90. The van der Waals surface area contributed by atoms with Gasteiger partial charge in [0.15, 0.2) is 9.84 Å². The lowest BCUT2D eigenvalue weighted by Crippen LogP contribution is -2.41. The van der Waals surface area contributed by atoms with Crippen LogP contribution in [0.1, 0.15) is 17.3 Å². The Hall–Kier alpha value is -1.70. The van der Waals surface area contributed by atoms with E-state index < -0.39 is 9.84 Å². The van der Waals surface area contributed by atoms with Crippen molar-refractivity contribution in [3.05, 3.63) is 47.8 Å². The Labute approximate surface area is 136 Å². The first-order valence-electron chi connectivity index (χ1n) is 7.65. The van der Waals surface area contributed by atoms with E-state index >= 15 is 0 Å². The molecule has 0 aliphatic carbocycles. The van der Waals surface area contributed by atoms with Gasteiger partial charge >= 0.3 is 0 Å². The van der Waals surface area contributed by atoms with Crippen LogP contribution in [0.4, 0.5) is 0 Å². The Morgan fingerprint density at radius 2 is 2.13 bits per heavy atom. The second-order valence-corrected chi connectivity index (χ2v) is 7.77. The fourth-order valence-corrected chi connectivity index (χ4v) is 3.73. The number of H-pyrrole nitrogens is 1. The summed E-state index contributed by atoms with van der Waals surface area (Å²) in [5.41, 5.74) is 1.89. The number of hydrogen-bond donors (Lipinski definition) is 1. The van der Waals surface area contributed by atoms with Crippen molar-refractivity contribution in [1.82, 2.24) is 15.1 Å². The molecule has 1 aromatic carbocycles. The van der Waals surface area contributed by atoms with E-state index in [0.717, 1.165) is 19.5 Å². The molecule has 23 heavy (non-hydrogen) atoms. The van der Waals surface area contributed by atoms with Gasteiger partial charge in [-0.1, -0.05) is 30.3 Å². The average molecular weight is 335 g/mol. The summed E-state index contributed by atoms with van der Waals surface area (Å²) >= 11 is 0. The Bertz CT molecular complexity index is 743. The number of nitrogens with zero attached hydrogens (tertiary/aromatic N) is 2. The van der Waals surface area contributed by atoms with Crippen LogP contribution in [0.3, 0.4) is 0 Å². The molecule has 1 unspecified atom stereocenters. The van der Waals surface area contributed by atoms with E-state index in [9.17, 15) is 8.42 Å². The third-order valence-corrected chi connectivity index (χ3v) is 5.26. The summed E-state index contributed by atoms with van der Waals surface area (Å²) in [4.78, 5) is 2.52. The maximum atomic E-state index is 11.9. The molecule has 124 valence electrons. The summed E-state index contributed by atoms with van der Waals surface area (Å²) < 4.78 is 29.4. The first kappa shape index (κ1) is 16.2. The van der Waals surface area contributed by atoms with Gasteiger partial charge in [0.05, 0.1) is 31.1 Å². The van der Waals surface area contributed by atoms with Crippen molar-refractivity contribution < 1.29 is 13.2 Å². The van der Waals surface area contributed by atoms with Gasteiger partial charge in [-0.3, -0.25) is 10.00 Å². The molecule has 0 amide bonds. The lowest BCUT2D eigenvalue weighted by atomic mass is 10.1. The van der Waals surface area contributed by atoms with Crippen molar-refractivity contribution in [1.29, 1.82) is 0 Å². The molecule has 3 rings (SSSR count). The summed E-state index contributed by atoms with van der Waals surface area (Å²) in [6, 6.07) is 10.2. The fourth-order valence-electron chi connectivity index (χ4n) is 2.91. The number of aromatic amines is 1. The van der Waals surface area contributed by atoms with Gasteiger partial charge in [0.1, 0.15) is 4.90 Å². The summed E-state index contributed by atoms with van der Waals surface area (Å²) in [6.45, 7) is 2.76. The van der Waals surface area contributed by atoms with Crippen LogP contribution in [0.2, 0.25) is 0 Å². The van der Waals surface area contributed by atoms with Crippen molar-refractivity contribution in [2.75, 3.05) is 32.6 Å². The molecule has 2 heterocycles. The van der Waals surface area contributed by atoms with Crippen LogP contribution in [-0.2, 0) is 21.0 Å². The molecule has 0 radical (unpaired) electrons. The number of nitrogens with one attached hydrogen (secondary N) is 1. The first-order chi connectivity index (χ1) is 11.1. The first-order valence-corrected chi connectivity index (χ1v) is 9.54. The average Bonchev–Trinajstić information content (AvgIpc) is 3.04. The van der Waals surface area contributed by atoms with Crippen molar-refractivity contribution in [2.45, 2.75) is 17.4 Å². The predicted octanol–water partition coefficient (Wildman–Crippen LogP) is 1.43. The third kappa shape index (κ3) is 3.80. The molecule has 1 aromatic heterocycles. The number of rotatable bonds is 5. The van der Waals surface area contributed by atoms with Gasteiger partial charge in [-0.05, 0) is 12.0 Å². The smallest absolute Gasteiger partial charge is 0.178 e. The highest BCUT2D eigenvalue weighted by atomic mass is 32.2. The number of hydrogen-bond acceptors (Lipinski definition) is 5. The van der Waals surface area contributed by atoms with Crippen LogP contribution in [-0.4, -0.2) is 56.1 Å². The number of benzene rings is 1. The van der Waals surface area contributed by atoms with E-state index in [0.29, 0.717) is 18.9 Å². The standard InChI is InChI=1S/C16H21N3O3S/c1-23(20,21)15-11-17-18-16(15)14-12-22-10-9-19(14)8-7-13-5-3-2-4-6-13/h2-6,11,14H,7-10,12H2,1H3,(H,17,18). The number of aromatic nitrogens is 2. The summed E-state index contributed by atoms with van der Waals surface area (Å²) in [5.74, 6) is 0. The normalized spacial score (nSPS) is 19.8. The van der Waals surface area contributed by atoms with Gasteiger partial charge in [0, 0.05) is 19.3 Å². The molecule has 1 aliphatic rings. The molecule has 1 N–H and O–H groups in total. The lowest BCUT2D eigenvalue weighted by molar-refractivity contribution is -0.0104. The maximum absolute atomic E-state index is 11.9. The van der Waals surface area contributed by atoms with Gasteiger partial charge in [-0.15, -0.1) is 0 Å². The second-order valence-electron chi connectivity index (χ2n) is 5.78. The van der Waals surface area contributed by atoms with Crippen LogP contribution in [0.5, 0.6) is 0 Å². The fraction of sp³-hybridized carbons (Fsp3) is 0.438. The minimum Gasteiger partial charge on any atom is -0.378 e. The highest BCUT2D eigenvalue weighted by Gasteiger charge is 2.30. The Kier molecular flexibility index (Phi) is 4.79. The van der Waals surface area contributed by atoms with Gasteiger partial charge < -0.3 is 4.74 Å². The Morgan fingerprint density at radius 3 is 2.87 bits per heavy atom. The molecular formula is C16H21N3O3S. The largest absolute Gasteiger partial charge is 0.378 e. The molecule has 1 aliphatic heterocycles. The minimum absolute atomic E-state index is 0.111. The predicted molar refractivity (Wildman–Crippen MR) is 87.0 cm³/mol. The number of sulfone groups is 1. The van der Waals surface area contributed by atoms with Crippen molar-refractivity contribution in [3.63, 3.8) is 0 Å². The molecular weight excluding hydrogens is 314 g/mol. The number of ether oxygens (including phenoxy) is 1. The van der Waals surface area contributed by atoms with Crippen LogP contribution >= 0.6 is 0 Å². The molecule has 1 fully saturated rings. The van der Waals surface area contributed by atoms with E-state index in [4.69, 9.17) is 4.74 Å². The minimum atomic E-state index is -3.31. The maximum Gasteiger partial charge on any atom is 0.178 e. The summed E-state index contributed by atoms with van der Waals surface area (Å²) in [7, 11) is -3.31. The van der Waals surface area contributed by atoms with E-state index in [1.807, 2.05) is 18.2 Å². The topological polar surface area (TPSA) is 75.3 Å². The van der Waals surface area contributed by atoms with Crippen molar-refractivity contribution in [2.24, 2.45) is 0 Å². The van der Waals surface area contributed by atoms with Crippen LogP contribution in [0, 0.1) is 0 Å². The van der Waals surface area contributed by atoms with Crippen molar-refractivity contribution >= 4 is 9.84 Å². The van der Waals surface area contributed by atoms with Crippen LogP contribution in [0.25, 0.3) is 0 Å². The second kappa shape index (κ2) is 6.82. The molecule has 2 aromatic rings. The molecule has 7 heteroatoms. The van der Waals surface area contributed by atoms with Crippen molar-refractivity contribution in [3.8, 4) is 0 Å². The Morgan fingerprint density at radius 1 is 1.35 bits per heavy atom. The zero-order chi connectivity index (χ0) is 16.3. The molecule has 1 saturated heterocycles. The van der Waals surface area contributed by atoms with E-state index in [1.165, 1.54) is 18.0 Å². The lowest BCUT2D eigenvalue weighted by Gasteiger charge is -2.35. The van der Waals surface area contributed by atoms with Crippen LogP contribution < -0.4 is 0 Å². The van der Waals surface area contributed by atoms with E-state index in [1.54, 1.807) is 0 Å². The zero-order valence-electron chi connectivity index (χ0n) is 13.1.